The van der Waals surface area contributed by atoms with Crippen LogP contribution >= 0.6 is 11.3 Å². The Morgan fingerprint density at radius 2 is 2.13 bits per heavy atom. The van der Waals surface area contributed by atoms with Crippen LogP contribution in [0.1, 0.15) is 36.5 Å². The maximum atomic E-state index is 12.4. The van der Waals surface area contributed by atoms with Crippen LogP contribution in [0.5, 0.6) is 0 Å². The maximum absolute atomic E-state index is 12.4. The first-order chi connectivity index (χ1) is 10.9. The molecule has 2 N–H and O–H groups in total. The van der Waals surface area contributed by atoms with Crippen molar-refractivity contribution in [3.63, 3.8) is 0 Å². The topological polar surface area (TPSA) is 88.9 Å². The molecule has 124 valence electrons. The third-order valence-corrected chi connectivity index (χ3v) is 3.91. The normalized spacial score (nSPS) is 12.2. The lowest BCUT2D eigenvalue weighted by Gasteiger charge is -2.19. The number of nitrogens with one attached hydrogen (secondary N) is 2. The van der Waals surface area contributed by atoms with E-state index in [9.17, 15) is 9.59 Å². The quantitative estimate of drug-likeness (QED) is 0.844. The number of hydrogen-bond donors (Lipinski definition) is 2. The lowest BCUT2D eigenvalue weighted by Crippen LogP contribution is -2.45. The third-order valence-electron chi connectivity index (χ3n) is 3.23. The van der Waals surface area contributed by atoms with Crippen molar-refractivity contribution in [2.75, 3.05) is 5.32 Å². The van der Waals surface area contributed by atoms with Crippen molar-refractivity contribution in [1.29, 1.82) is 0 Å². The molecule has 2 aromatic rings. The molecule has 2 rings (SSSR count). The molecular weight excluding hydrogens is 314 g/mol. The first-order valence-electron chi connectivity index (χ1n) is 7.38. The zero-order chi connectivity index (χ0) is 17.0. The highest BCUT2D eigenvalue weighted by atomic mass is 32.1. The molecule has 0 aliphatic rings. The van der Waals surface area contributed by atoms with E-state index in [4.69, 9.17) is 0 Å². The van der Waals surface area contributed by atoms with Crippen LogP contribution in [0.25, 0.3) is 0 Å². The van der Waals surface area contributed by atoms with E-state index >= 15 is 0 Å². The predicted molar refractivity (Wildman–Crippen MR) is 89.4 cm³/mol. The lowest BCUT2D eigenvalue weighted by molar-refractivity contribution is -0.118. The summed E-state index contributed by atoms with van der Waals surface area (Å²) in [5.41, 5.74) is 1.18. The molecule has 0 unspecified atom stereocenters. The molecule has 0 aliphatic carbocycles. The summed E-state index contributed by atoms with van der Waals surface area (Å²) in [4.78, 5) is 28.9. The Morgan fingerprint density at radius 1 is 1.39 bits per heavy atom. The molecule has 0 aromatic carbocycles. The standard InChI is InChI=1S/C15H21N5O2S/c1-9(2)7-11(13(21)18-15-16-5-6-23-15)17-14(22)12-8-10(3)19-20(12)4/h5-6,8-9,11H,7H2,1-4H3,(H,17,22)(H,16,18,21)/t11-/m0/s1. The van der Waals surface area contributed by atoms with E-state index in [1.54, 1.807) is 24.7 Å². The van der Waals surface area contributed by atoms with Gasteiger partial charge in [0, 0.05) is 18.6 Å². The van der Waals surface area contributed by atoms with E-state index < -0.39 is 6.04 Å². The fraction of sp³-hybridized carbons (Fsp3) is 0.467. The van der Waals surface area contributed by atoms with Gasteiger partial charge < -0.3 is 10.6 Å². The Labute approximate surface area is 139 Å². The number of hydrogen-bond acceptors (Lipinski definition) is 5. The number of thiazole rings is 1. The molecule has 0 fully saturated rings. The summed E-state index contributed by atoms with van der Waals surface area (Å²) in [6, 6.07) is 1.07. The number of amides is 2. The zero-order valence-corrected chi connectivity index (χ0v) is 14.5. The van der Waals surface area contributed by atoms with Crippen molar-refractivity contribution < 1.29 is 9.59 Å². The van der Waals surface area contributed by atoms with Crippen molar-refractivity contribution >= 4 is 28.3 Å². The molecular formula is C15H21N5O2S. The minimum Gasteiger partial charge on any atom is -0.339 e. The smallest absolute Gasteiger partial charge is 0.270 e. The molecule has 0 spiro atoms. The number of nitrogens with zero attached hydrogens (tertiary/aromatic N) is 3. The summed E-state index contributed by atoms with van der Waals surface area (Å²) in [7, 11) is 1.70. The van der Waals surface area contributed by atoms with Gasteiger partial charge in [-0.05, 0) is 25.3 Å². The van der Waals surface area contributed by atoms with Gasteiger partial charge in [-0.2, -0.15) is 5.10 Å². The minimum atomic E-state index is -0.624. The van der Waals surface area contributed by atoms with E-state index in [1.165, 1.54) is 16.0 Å². The zero-order valence-electron chi connectivity index (χ0n) is 13.7. The van der Waals surface area contributed by atoms with Crippen LogP contribution in [0.2, 0.25) is 0 Å². The van der Waals surface area contributed by atoms with Gasteiger partial charge in [-0.15, -0.1) is 11.3 Å². The number of aromatic nitrogens is 3. The Bertz CT molecular complexity index is 678. The van der Waals surface area contributed by atoms with Gasteiger partial charge in [0.25, 0.3) is 5.91 Å². The van der Waals surface area contributed by atoms with Crippen molar-refractivity contribution in [3.8, 4) is 0 Å². The van der Waals surface area contributed by atoms with Gasteiger partial charge in [-0.3, -0.25) is 14.3 Å². The van der Waals surface area contributed by atoms with Crippen LogP contribution in [0.15, 0.2) is 17.6 Å². The highest BCUT2D eigenvalue weighted by molar-refractivity contribution is 7.13. The predicted octanol–water partition coefficient (Wildman–Crippen LogP) is 1.97. The number of anilines is 1. The van der Waals surface area contributed by atoms with Crippen LogP contribution in [-0.4, -0.2) is 32.6 Å². The molecule has 23 heavy (non-hydrogen) atoms. The largest absolute Gasteiger partial charge is 0.339 e. The van der Waals surface area contributed by atoms with Gasteiger partial charge >= 0.3 is 0 Å². The van der Waals surface area contributed by atoms with Gasteiger partial charge in [0.2, 0.25) is 5.91 Å². The molecule has 0 bridgehead atoms. The second kappa shape index (κ2) is 7.36. The Hall–Kier alpha value is -2.22. The van der Waals surface area contributed by atoms with Crippen LogP contribution in [0, 0.1) is 12.8 Å². The summed E-state index contributed by atoms with van der Waals surface area (Å²) in [6.45, 7) is 5.83. The maximum Gasteiger partial charge on any atom is 0.270 e. The van der Waals surface area contributed by atoms with E-state index in [-0.39, 0.29) is 17.7 Å². The molecule has 8 heteroatoms. The number of aryl methyl sites for hydroxylation is 2. The summed E-state index contributed by atoms with van der Waals surface area (Å²) in [5, 5.41) is 12.0. The van der Waals surface area contributed by atoms with Crippen LogP contribution in [-0.2, 0) is 11.8 Å². The molecule has 0 saturated heterocycles. The lowest BCUT2D eigenvalue weighted by atomic mass is 10.0. The summed E-state index contributed by atoms with van der Waals surface area (Å²) in [5.74, 6) is -0.315. The summed E-state index contributed by atoms with van der Waals surface area (Å²) >= 11 is 1.34. The molecule has 0 saturated carbocycles. The van der Waals surface area contributed by atoms with Crippen molar-refractivity contribution in [2.24, 2.45) is 13.0 Å². The fourth-order valence-corrected chi connectivity index (χ4v) is 2.77. The third kappa shape index (κ3) is 4.62. The van der Waals surface area contributed by atoms with Crippen LogP contribution < -0.4 is 10.6 Å². The number of rotatable bonds is 6. The summed E-state index contributed by atoms with van der Waals surface area (Å²) in [6.07, 6.45) is 2.16. The number of carbonyl (C=O) groups is 2. The molecule has 1 atom stereocenters. The molecule has 2 aromatic heterocycles. The second-order valence-electron chi connectivity index (χ2n) is 5.78. The Morgan fingerprint density at radius 3 is 2.65 bits per heavy atom. The van der Waals surface area contributed by atoms with Crippen molar-refractivity contribution in [3.05, 3.63) is 29.0 Å². The Balaban J connectivity index is 2.10. The molecule has 2 amide bonds. The van der Waals surface area contributed by atoms with Gasteiger partial charge in [-0.25, -0.2) is 4.98 Å². The van der Waals surface area contributed by atoms with Crippen molar-refractivity contribution in [2.45, 2.75) is 33.2 Å². The molecule has 0 radical (unpaired) electrons. The monoisotopic (exact) mass is 335 g/mol. The van der Waals surface area contributed by atoms with E-state index in [2.05, 4.69) is 20.7 Å². The van der Waals surface area contributed by atoms with E-state index in [1.807, 2.05) is 20.8 Å². The molecule has 7 nitrogen and oxygen atoms in total. The molecule has 0 aliphatic heterocycles. The average molecular weight is 335 g/mol. The van der Waals surface area contributed by atoms with Gasteiger partial charge in [0.05, 0.1) is 5.69 Å². The minimum absolute atomic E-state index is 0.260. The second-order valence-corrected chi connectivity index (χ2v) is 6.67. The van der Waals surface area contributed by atoms with Gasteiger partial charge in [-0.1, -0.05) is 13.8 Å². The number of carbonyl (C=O) groups excluding carboxylic acids is 2. The van der Waals surface area contributed by atoms with Crippen LogP contribution in [0.3, 0.4) is 0 Å². The molecule has 2 heterocycles. The Kier molecular flexibility index (Phi) is 5.49. The highest BCUT2D eigenvalue weighted by Gasteiger charge is 2.24. The fourth-order valence-electron chi connectivity index (χ4n) is 2.24. The van der Waals surface area contributed by atoms with Crippen molar-refractivity contribution in [1.82, 2.24) is 20.1 Å². The highest BCUT2D eigenvalue weighted by Crippen LogP contribution is 2.13. The van der Waals surface area contributed by atoms with Gasteiger partial charge in [0.15, 0.2) is 5.13 Å². The first-order valence-corrected chi connectivity index (χ1v) is 8.26. The summed E-state index contributed by atoms with van der Waals surface area (Å²) < 4.78 is 1.51. The van der Waals surface area contributed by atoms with Crippen LogP contribution in [0.4, 0.5) is 5.13 Å². The SMILES string of the molecule is Cc1cc(C(=O)N[C@@H](CC(C)C)C(=O)Nc2nccs2)n(C)n1. The van der Waals surface area contributed by atoms with E-state index in [0.29, 0.717) is 17.2 Å². The van der Waals surface area contributed by atoms with Gasteiger partial charge in [0.1, 0.15) is 11.7 Å². The first kappa shape index (κ1) is 17.1. The van der Waals surface area contributed by atoms with E-state index in [0.717, 1.165) is 5.69 Å². The average Bonchev–Trinajstić information content (AvgIpc) is 3.07.